The van der Waals surface area contributed by atoms with Gasteiger partial charge in [-0.1, -0.05) is 17.7 Å². The number of phenolic OH excluding ortho intramolecular Hbond substituents is 1. The highest BCUT2D eigenvalue weighted by Gasteiger charge is 2.19. The van der Waals surface area contributed by atoms with Crippen LogP contribution in [0.3, 0.4) is 0 Å². The van der Waals surface area contributed by atoms with Gasteiger partial charge in [0.15, 0.2) is 6.10 Å². The van der Waals surface area contributed by atoms with Gasteiger partial charge >= 0.3 is 5.97 Å². The molecule has 0 saturated heterocycles. The van der Waals surface area contributed by atoms with E-state index in [9.17, 15) is 14.7 Å². The minimum Gasteiger partial charge on any atom is -0.508 e. The van der Waals surface area contributed by atoms with Crippen molar-refractivity contribution in [1.82, 2.24) is 0 Å². The molecule has 0 aliphatic heterocycles. The molecular formula is C20H19NO5. The Hall–Kier alpha value is -3.28. The average Bonchev–Trinajstić information content (AvgIpc) is 2.98. The van der Waals surface area contributed by atoms with E-state index in [1.165, 1.54) is 25.3 Å². The van der Waals surface area contributed by atoms with Crippen LogP contribution >= 0.6 is 0 Å². The molecule has 0 aliphatic carbocycles. The van der Waals surface area contributed by atoms with E-state index in [2.05, 4.69) is 5.32 Å². The van der Waals surface area contributed by atoms with E-state index in [1.807, 2.05) is 19.1 Å². The van der Waals surface area contributed by atoms with E-state index in [0.717, 1.165) is 10.9 Å². The van der Waals surface area contributed by atoms with Crippen molar-refractivity contribution >= 4 is 28.5 Å². The standard InChI is InChI=1S/C20H19NO5/c1-12-3-5-15(6-4-12)21-20(24)13(2)26-19(23)9-14-11-25-18-10-16(22)7-8-17(14)18/h3-8,10-11,13,22H,9H2,1-2H3,(H,21,24)/t13-/m1/s1. The SMILES string of the molecule is Cc1ccc(NC(=O)[C@@H](C)OC(=O)Cc2coc3cc(O)ccc23)cc1. The zero-order valence-corrected chi connectivity index (χ0v) is 14.5. The van der Waals surface area contributed by atoms with E-state index < -0.39 is 18.0 Å². The Labute approximate surface area is 150 Å². The smallest absolute Gasteiger partial charge is 0.311 e. The Bertz CT molecular complexity index is 942. The van der Waals surface area contributed by atoms with Crippen LogP contribution in [0.5, 0.6) is 5.75 Å². The van der Waals surface area contributed by atoms with Gasteiger partial charge in [-0.2, -0.15) is 0 Å². The zero-order chi connectivity index (χ0) is 18.7. The molecule has 0 radical (unpaired) electrons. The van der Waals surface area contributed by atoms with Crippen LogP contribution in [0.1, 0.15) is 18.1 Å². The Morgan fingerprint density at radius 1 is 1.19 bits per heavy atom. The number of carbonyl (C=O) groups excluding carboxylic acids is 2. The van der Waals surface area contributed by atoms with Crippen LogP contribution in [0.2, 0.25) is 0 Å². The molecule has 3 rings (SSSR count). The van der Waals surface area contributed by atoms with Crippen LogP contribution in [0.15, 0.2) is 53.1 Å². The Kier molecular flexibility index (Phi) is 4.93. The van der Waals surface area contributed by atoms with Gasteiger partial charge < -0.3 is 19.6 Å². The molecular weight excluding hydrogens is 334 g/mol. The maximum atomic E-state index is 12.2. The minimum absolute atomic E-state index is 0.0279. The molecule has 2 aromatic carbocycles. The molecule has 1 heterocycles. The predicted molar refractivity (Wildman–Crippen MR) is 96.9 cm³/mol. The molecule has 1 atom stereocenters. The first kappa shape index (κ1) is 17.5. The molecule has 6 nitrogen and oxygen atoms in total. The van der Waals surface area contributed by atoms with Crippen molar-refractivity contribution < 1.29 is 23.8 Å². The highest BCUT2D eigenvalue weighted by Crippen LogP contribution is 2.25. The fourth-order valence-electron chi connectivity index (χ4n) is 2.54. The lowest BCUT2D eigenvalue weighted by molar-refractivity contribution is -0.152. The number of aromatic hydroxyl groups is 1. The molecule has 0 aliphatic rings. The van der Waals surface area contributed by atoms with Gasteiger partial charge in [0, 0.05) is 22.7 Å². The highest BCUT2D eigenvalue weighted by atomic mass is 16.5. The van der Waals surface area contributed by atoms with Gasteiger partial charge in [0.25, 0.3) is 5.91 Å². The number of benzene rings is 2. The molecule has 0 fully saturated rings. The van der Waals surface area contributed by atoms with Crippen molar-refractivity contribution in [2.75, 3.05) is 5.32 Å². The summed E-state index contributed by atoms with van der Waals surface area (Å²) in [6.45, 7) is 3.48. The molecule has 134 valence electrons. The summed E-state index contributed by atoms with van der Waals surface area (Å²) in [6.07, 6.45) is 0.494. The van der Waals surface area contributed by atoms with Crippen molar-refractivity contribution in [3.05, 3.63) is 59.9 Å². The van der Waals surface area contributed by atoms with E-state index in [4.69, 9.17) is 9.15 Å². The molecule has 0 unspecified atom stereocenters. The van der Waals surface area contributed by atoms with E-state index in [-0.39, 0.29) is 12.2 Å². The summed E-state index contributed by atoms with van der Waals surface area (Å²) in [6, 6.07) is 12.0. The Morgan fingerprint density at radius 3 is 2.65 bits per heavy atom. The van der Waals surface area contributed by atoms with Gasteiger partial charge in [0.2, 0.25) is 0 Å². The third-order valence-corrected chi connectivity index (χ3v) is 3.97. The van der Waals surface area contributed by atoms with Crippen LogP contribution in [0, 0.1) is 6.92 Å². The van der Waals surface area contributed by atoms with E-state index in [1.54, 1.807) is 18.2 Å². The van der Waals surface area contributed by atoms with Gasteiger partial charge in [-0.25, -0.2) is 0 Å². The van der Waals surface area contributed by atoms with Crippen molar-refractivity contribution in [2.24, 2.45) is 0 Å². The van der Waals surface area contributed by atoms with E-state index in [0.29, 0.717) is 16.8 Å². The normalized spacial score (nSPS) is 11.9. The number of fused-ring (bicyclic) bond motifs is 1. The van der Waals surface area contributed by atoms with Gasteiger partial charge in [-0.3, -0.25) is 9.59 Å². The number of amides is 1. The van der Waals surface area contributed by atoms with Crippen molar-refractivity contribution in [1.29, 1.82) is 0 Å². The maximum absolute atomic E-state index is 12.2. The molecule has 1 aromatic heterocycles. The van der Waals surface area contributed by atoms with Gasteiger partial charge in [0.1, 0.15) is 11.3 Å². The second kappa shape index (κ2) is 7.31. The van der Waals surface area contributed by atoms with Crippen molar-refractivity contribution in [2.45, 2.75) is 26.4 Å². The highest BCUT2D eigenvalue weighted by molar-refractivity contribution is 5.95. The number of aryl methyl sites for hydroxylation is 1. The molecule has 0 bridgehead atoms. The molecule has 6 heteroatoms. The first-order chi connectivity index (χ1) is 12.4. The molecule has 26 heavy (non-hydrogen) atoms. The summed E-state index contributed by atoms with van der Waals surface area (Å²) in [5, 5.41) is 12.9. The van der Waals surface area contributed by atoms with Crippen molar-refractivity contribution in [3.63, 3.8) is 0 Å². The van der Waals surface area contributed by atoms with Crippen LogP contribution in [0.25, 0.3) is 11.0 Å². The number of nitrogens with one attached hydrogen (secondary N) is 1. The zero-order valence-electron chi connectivity index (χ0n) is 14.5. The molecule has 2 N–H and O–H groups in total. The third kappa shape index (κ3) is 4.03. The number of furan rings is 1. The second-order valence-electron chi connectivity index (χ2n) is 6.11. The summed E-state index contributed by atoms with van der Waals surface area (Å²) < 4.78 is 10.5. The second-order valence-corrected chi connectivity index (χ2v) is 6.11. The van der Waals surface area contributed by atoms with Gasteiger partial charge in [-0.15, -0.1) is 0 Å². The molecule has 1 amide bonds. The lowest BCUT2D eigenvalue weighted by atomic mass is 10.1. The van der Waals surface area contributed by atoms with Crippen LogP contribution in [0.4, 0.5) is 5.69 Å². The summed E-state index contributed by atoms with van der Waals surface area (Å²) >= 11 is 0. The number of esters is 1. The molecule has 3 aromatic rings. The summed E-state index contributed by atoms with van der Waals surface area (Å²) in [5.41, 5.74) is 2.85. The largest absolute Gasteiger partial charge is 0.508 e. The predicted octanol–water partition coefficient (Wildman–Crippen LogP) is 3.56. The van der Waals surface area contributed by atoms with Gasteiger partial charge in [-0.05, 0) is 38.1 Å². The average molecular weight is 353 g/mol. The molecule has 0 spiro atoms. The number of phenols is 1. The maximum Gasteiger partial charge on any atom is 0.311 e. The topological polar surface area (TPSA) is 88.8 Å². The fourth-order valence-corrected chi connectivity index (χ4v) is 2.54. The third-order valence-electron chi connectivity index (χ3n) is 3.97. The Balaban J connectivity index is 1.59. The summed E-state index contributed by atoms with van der Waals surface area (Å²) in [5.74, 6) is -0.848. The van der Waals surface area contributed by atoms with Crippen LogP contribution < -0.4 is 5.32 Å². The summed E-state index contributed by atoms with van der Waals surface area (Å²) in [4.78, 5) is 24.3. The number of anilines is 1. The van der Waals surface area contributed by atoms with E-state index >= 15 is 0 Å². The van der Waals surface area contributed by atoms with Gasteiger partial charge in [0.05, 0.1) is 12.7 Å². The van der Waals surface area contributed by atoms with Crippen LogP contribution in [-0.4, -0.2) is 23.1 Å². The summed E-state index contributed by atoms with van der Waals surface area (Å²) in [7, 11) is 0. The number of rotatable bonds is 5. The number of ether oxygens (including phenoxy) is 1. The molecule has 0 saturated carbocycles. The number of carbonyl (C=O) groups is 2. The first-order valence-electron chi connectivity index (χ1n) is 8.18. The quantitative estimate of drug-likeness (QED) is 0.685. The first-order valence-corrected chi connectivity index (χ1v) is 8.18. The lowest BCUT2D eigenvalue weighted by Crippen LogP contribution is -2.30. The number of hydrogen-bond acceptors (Lipinski definition) is 5. The fraction of sp³-hybridized carbons (Fsp3) is 0.200. The van der Waals surface area contributed by atoms with Crippen molar-refractivity contribution in [3.8, 4) is 5.75 Å². The Morgan fingerprint density at radius 2 is 1.92 bits per heavy atom. The minimum atomic E-state index is -0.925. The lowest BCUT2D eigenvalue weighted by Gasteiger charge is -2.13. The number of hydrogen-bond donors (Lipinski definition) is 2. The monoisotopic (exact) mass is 353 g/mol. The van der Waals surface area contributed by atoms with Crippen LogP contribution in [-0.2, 0) is 20.7 Å².